The minimum absolute atomic E-state index is 0.0956. The van der Waals surface area contributed by atoms with Gasteiger partial charge in [0.05, 0.1) is 37.9 Å². The van der Waals surface area contributed by atoms with Crippen LogP contribution in [0.1, 0.15) is 36.5 Å². The van der Waals surface area contributed by atoms with E-state index in [1.807, 2.05) is 85.8 Å². The molecular formula is C33H35N3O6. The quantitative estimate of drug-likeness (QED) is 0.414. The SMILES string of the molecule is C[C@@H]1C[C@H](CC(=O)N(CCO)Cc2ccccc2)O[C@@]12C(=O)N(Cc1ccccc1)c1ccc(N3CCOC3=O)cc12. The minimum Gasteiger partial charge on any atom is -0.447 e. The van der Waals surface area contributed by atoms with E-state index in [1.165, 1.54) is 0 Å². The van der Waals surface area contributed by atoms with Gasteiger partial charge in [0.15, 0.2) is 5.60 Å². The van der Waals surface area contributed by atoms with Gasteiger partial charge in [0.25, 0.3) is 5.91 Å². The van der Waals surface area contributed by atoms with Gasteiger partial charge in [-0.15, -0.1) is 0 Å². The lowest BCUT2D eigenvalue weighted by atomic mass is 9.82. The standard InChI is InChI=1S/C33H35N3O6/c1-23-18-27(20-30(38)34(14-16-37)21-24-8-4-2-5-9-24)42-33(23)28-19-26(35-15-17-41-32(35)40)12-13-29(28)36(31(33)39)22-25-10-6-3-7-11-25/h2-13,19,23,27,37H,14-18,20-22H2,1H3/t23-,27-,33+/m1/s1. The molecule has 2 saturated heterocycles. The highest BCUT2D eigenvalue weighted by Crippen LogP contribution is 2.54. The Kier molecular flexibility index (Phi) is 7.70. The molecule has 2 fully saturated rings. The second-order valence-electron chi connectivity index (χ2n) is 11.2. The van der Waals surface area contributed by atoms with Crippen molar-refractivity contribution >= 4 is 29.3 Å². The van der Waals surface area contributed by atoms with Crippen LogP contribution in [0.2, 0.25) is 0 Å². The lowest BCUT2D eigenvalue weighted by Crippen LogP contribution is -2.44. The van der Waals surface area contributed by atoms with E-state index in [9.17, 15) is 19.5 Å². The second-order valence-corrected chi connectivity index (χ2v) is 11.2. The van der Waals surface area contributed by atoms with Gasteiger partial charge in [-0.05, 0) is 35.7 Å². The Morgan fingerprint density at radius 1 is 1.02 bits per heavy atom. The Labute approximate surface area is 245 Å². The highest BCUT2D eigenvalue weighted by Gasteiger charge is 2.60. The van der Waals surface area contributed by atoms with Crippen LogP contribution in [-0.2, 0) is 37.8 Å². The predicted octanol–water partition coefficient (Wildman–Crippen LogP) is 4.22. The number of rotatable bonds is 9. The Bertz CT molecular complexity index is 1470. The number of carbonyl (C=O) groups is 3. The number of hydrogen-bond donors (Lipinski definition) is 1. The molecule has 3 aliphatic heterocycles. The molecule has 1 spiro atoms. The summed E-state index contributed by atoms with van der Waals surface area (Å²) in [5, 5.41) is 9.65. The monoisotopic (exact) mass is 569 g/mol. The number of carbonyl (C=O) groups excluding carboxylic acids is 3. The second kappa shape index (κ2) is 11.6. The summed E-state index contributed by atoms with van der Waals surface area (Å²) in [5.41, 5.74) is 2.78. The molecule has 3 aliphatic rings. The van der Waals surface area contributed by atoms with Crippen molar-refractivity contribution in [3.8, 4) is 0 Å². The molecule has 6 rings (SSSR count). The summed E-state index contributed by atoms with van der Waals surface area (Å²) in [4.78, 5) is 45.2. The number of amides is 3. The van der Waals surface area contributed by atoms with Crippen molar-refractivity contribution < 1.29 is 29.0 Å². The third kappa shape index (κ3) is 5.03. The summed E-state index contributed by atoms with van der Waals surface area (Å²) < 4.78 is 11.8. The number of ether oxygens (including phenoxy) is 2. The van der Waals surface area contributed by atoms with E-state index < -0.39 is 17.8 Å². The number of aliphatic hydroxyl groups is 1. The summed E-state index contributed by atoms with van der Waals surface area (Å²) in [7, 11) is 0. The Hall–Kier alpha value is -4.21. The summed E-state index contributed by atoms with van der Waals surface area (Å²) in [5.74, 6) is -0.521. The zero-order valence-electron chi connectivity index (χ0n) is 23.6. The van der Waals surface area contributed by atoms with Crippen LogP contribution in [0.15, 0.2) is 78.9 Å². The number of cyclic esters (lactones) is 1. The highest BCUT2D eigenvalue weighted by molar-refractivity contribution is 6.08. The van der Waals surface area contributed by atoms with Gasteiger partial charge < -0.3 is 24.4 Å². The van der Waals surface area contributed by atoms with Crippen molar-refractivity contribution in [3.05, 3.63) is 95.6 Å². The lowest BCUT2D eigenvalue weighted by molar-refractivity contribution is -0.150. The van der Waals surface area contributed by atoms with E-state index in [0.29, 0.717) is 43.9 Å². The first-order chi connectivity index (χ1) is 20.4. The zero-order chi connectivity index (χ0) is 29.3. The fourth-order valence-corrected chi connectivity index (χ4v) is 6.44. The average Bonchev–Trinajstić information content (AvgIpc) is 3.64. The molecule has 0 radical (unpaired) electrons. The molecule has 42 heavy (non-hydrogen) atoms. The molecule has 0 saturated carbocycles. The van der Waals surface area contributed by atoms with Crippen LogP contribution in [-0.4, -0.2) is 60.3 Å². The van der Waals surface area contributed by atoms with Crippen molar-refractivity contribution in [2.75, 3.05) is 36.1 Å². The van der Waals surface area contributed by atoms with E-state index in [2.05, 4.69) is 0 Å². The molecule has 0 aromatic heterocycles. The lowest BCUT2D eigenvalue weighted by Gasteiger charge is -2.29. The van der Waals surface area contributed by atoms with E-state index in [-0.39, 0.29) is 37.3 Å². The van der Waals surface area contributed by atoms with Crippen molar-refractivity contribution in [1.82, 2.24) is 4.90 Å². The molecule has 3 aromatic rings. The average molecular weight is 570 g/mol. The molecule has 0 bridgehead atoms. The Balaban J connectivity index is 1.30. The van der Waals surface area contributed by atoms with Gasteiger partial charge in [-0.1, -0.05) is 67.6 Å². The van der Waals surface area contributed by atoms with Crippen molar-refractivity contribution in [2.45, 2.75) is 44.6 Å². The van der Waals surface area contributed by atoms with E-state index in [4.69, 9.17) is 9.47 Å². The minimum atomic E-state index is -1.28. The number of benzene rings is 3. The smallest absolute Gasteiger partial charge is 0.414 e. The summed E-state index contributed by atoms with van der Waals surface area (Å²) in [6, 6.07) is 25.0. The molecule has 9 heteroatoms. The van der Waals surface area contributed by atoms with Crippen LogP contribution in [0.5, 0.6) is 0 Å². The fraction of sp³-hybridized carbons (Fsp3) is 0.364. The Morgan fingerprint density at radius 2 is 1.74 bits per heavy atom. The van der Waals surface area contributed by atoms with Crippen molar-refractivity contribution in [1.29, 1.82) is 0 Å². The first-order valence-corrected chi connectivity index (χ1v) is 14.5. The molecule has 3 aromatic carbocycles. The predicted molar refractivity (Wildman–Crippen MR) is 157 cm³/mol. The number of hydrogen-bond acceptors (Lipinski definition) is 6. The summed E-state index contributed by atoms with van der Waals surface area (Å²) >= 11 is 0. The summed E-state index contributed by atoms with van der Waals surface area (Å²) in [6.07, 6.45) is -0.290. The van der Waals surface area contributed by atoms with Gasteiger partial charge in [0.1, 0.15) is 6.61 Å². The number of anilines is 2. The highest BCUT2D eigenvalue weighted by atomic mass is 16.6. The van der Waals surface area contributed by atoms with Gasteiger partial charge in [0, 0.05) is 30.3 Å². The normalized spacial score (nSPS) is 23.0. The van der Waals surface area contributed by atoms with Crippen molar-refractivity contribution in [2.24, 2.45) is 5.92 Å². The van der Waals surface area contributed by atoms with Crippen LogP contribution in [0.4, 0.5) is 16.2 Å². The maximum atomic E-state index is 14.4. The molecule has 3 amide bonds. The Morgan fingerprint density at radius 3 is 2.40 bits per heavy atom. The molecule has 0 unspecified atom stereocenters. The molecule has 0 aliphatic carbocycles. The van der Waals surface area contributed by atoms with Crippen LogP contribution in [0, 0.1) is 5.92 Å². The first-order valence-electron chi connectivity index (χ1n) is 14.5. The molecule has 3 atom stereocenters. The van der Waals surface area contributed by atoms with Gasteiger partial charge >= 0.3 is 6.09 Å². The first kappa shape index (κ1) is 27.9. The van der Waals surface area contributed by atoms with Gasteiger partial charge in [0.2, 0.25) is 5.91 Å². The van der Waals surface area contributed by atoms with Crippen LogP contribution < -0.4 is 9.80 Å². The van der Waals surface area contributed by atoms with E-state index >= 15 is 0 Å². The third-order valence-electron chi connectivity index (χ3n) is 8.49. The fourth-order valence-electron chi connectivity index (χ4n) is 6.44. The molecule has 3 heterocycles. The maximum absolute atomic E-state index is 14.4. The van der Waals surface area contributed by atoms with Gasteiger partial charge in [-0.2, -0.15) is 0 Å². The largest absolute Gasteiger partial charge is 0.447 e. The van der Waals surface area contributed by atoms with Crippen LogP contribution in [0.3, 0.4) is 0 Å². The molecule has 1 N–H and O–H groups in total. The van der Waals surface area contributed by atoms with Gasteiger partial charge in [-0.3, -0.25) is 14.5 Å². The van der Waals surface area contributed by atoms with E-state index in [0.717, 1.165) is 16.8 Å². The molecular weight excluding hydrogens is 534 g/mol. The maximum Gasteiger partial charge on any atom is 0.414 e. The van der Waals surface area contributed by atoms with Crippen molar-refractivity contribution in [3.63, 3.8) is 0 Å². The number of fused-ring (bicyclic) bond motifs is 2. The van der Waals surface area contributed by atoms with E-state index in [1.54, 1.807) is 14.7 Å². The van der Waals surface area contributed by atoms with Crippen LogP contribution in [0.25, 0.3) is 0 Å². The number of aliphatic hydroxyl groups excluding tert-OH is 1. The van der Waals surface area contributed by atoms with Crippen LogP contribution >= 0.6 is 0 Å². The number of nitrogens with zero attached hydrogens (tertiary/aromatic N) is 3. The molecule has 9 nitrogen and oxygen atoms in total. The third-order valence-corrected chi connectivity index (χ3v) is 8.49. The summed E-state index contributed by atoms with van der Waals surface area (Å²) in [6.45, 7) is 3.56. The molecule has 218 valence electrons. The topological polar surface area (TPSA) is 99.6 Å². The van der Waals surface area contributed by atoms with Gasteiger partial charge in [-0.25, -0.2) is 4.79 Å². The zero-order valence-corrected chi connectivity index (χ0v) is 23.6.